The zero-order valence-electron chi connectivity index (χ0n) is 9.55. The largest absolute Gasteiger partial charge is 0.385 e. The zero-order chi connectivity index (χ0) is 10.9. The van der Waals surface area contributed by atoms with E-state index in [-0.39, 0.29) is 5.91 Å². The minimum absolute atomic E-state index is 0.179. The van der Waals surface area contributed by atoms with Crippen LogP contribution in [-0.4, -0.2) is 39.3 Å². The van der Waals surface area contributed by atoms with Crippen molar-refractivity contribution in [3.8, 4) is 0 Å². The fourth-order valence-electron chi connectivity index (χ4n) is 1.83. The summed E-state index contributed by atoms with van der Waals surface area (Å²) >= 11 is 0. The van der Waals surface area contributed by atoms with Gasteiger partial charge in [0, 0.05) is 26.7 Å². The molecule has 4 nitrogen and oxygen atoms in total. The second kappa shape index (κ2) is 7.65. The van der Waals surface area contributed by atoms with Crippen molar-refractivity contribution in [3.63, 3.8) is 0 Å². The summed E-state index contributed by atoms with van der Waals surface area (Å²) in [4.78, 5) is 11.4. The van der Waals surface area contributed by atoms with Gasteiger partial charge in [0.1, 0.15) is 0 Å². The number of hydrogen-bond donors (Lipinski definition) is 2. The molecule has 1 unspecified atom stereocenters. The summed E-state index contributed by atoms with van der Waals surface area (Å²) in [6.07, 6.45) is 3.80. The van der Waals surface area contributed by atoms with E-state index in [1.165, 1.54) is 6.42 Å². The van der Waals surface area contributed by atoms with Gasteiger partial charge in [-0.15, -0.1) is 0 Å². The lowest BCUT2D eigenvalue weighted by atomic mass is 10.0. The van der Waals surface area contributed by atoms with Gasteiger partial charge in [0.05, 0.1) is 0 Å². The number of amides is 1. The first kappa shape index (κ1) is 12.5. The molecule has 15 heavy (non-hydrogen) atoms. The smallest absolute Gasteiger partial charge is 0.220 e. The quantitative estimate of drug-likeness (QED) is 0.608. The van der Waals surface area contributed by atoms with Crippen LogP contribution < -0.4 is 10.6 Å². The van der Waals surface area contributed by atoms with Gasteiger partial charge >= 0.3 is 0 Å². The summed E-state index contributed by atoms with van der Waals surface area (Å²) in [5, 5.41) is 6.21. The third kappa shape index (κ3) is 5.74. The molecule has 1 fully saturated rings. The summed E-state index contributed by atoms with van der Waals surface area (Å²) in [6, 6.07) is 0. The van der Waals surface area contributed by atoms with E-state index in [4.69, 9.17) is 4.74 Å². The van der Waals surface area contributed by atoms with Crippen molar-refractivity contribution < 1.29 is 9.53 Å². The van der Waals surface area contributed by atoms with Gasteiger partial charge in [-0.3, -0.25) is 4.79 Å². The Morgan fingerprint density at radius 1 is 1.60 bits per heavy atom. The maximum absolute atomic E-state index is 11.4. The third-order valence-corrected chi connectivity index (χ3v) is 2.79. The molecule has 4 heteroatoms. The molecule has 0 spiro atoms. The standard InChI is InChI=1S/C11H22N2O2/c1-15-8-2-6-13-11(14)4-3-10-5-7-12-9-10/h10,12H,2-9H2,1H3,(H,13,14). The summed E-state index contributed by atoms with van der Waals surface area (Å²) in [6.45, 7) is 3.64. The molecule has 1 amide bonds. The summed E-state index contributed by atoms with van der Waals surface area (Å²) in [5.74, 6) is 0.882. The lowest BCUT2D eigenvalue weighted by Gasteiger charge is -2.08. The summed E-state index contributed by atoms with van der Waals surface area (Å²) < 4.78 is 4.91. The van der Waals surface area contributed by atoms with Gasteiger partial charge in [0.2, 0.25) is 5.91 Å². The molecule has 2 N–H and O–H groups in total. The molecule has 0 radical (unpaired) electrons. The Bertz CT molecular complexity index is 179. The van der Waals surface area contributed by atoms with Crippen LogP contribution >= 0.6 is 0 Å². The molecule has 88 valence electrons. The topological polar surface area (TPSA) is 50.4 Å². The molecule has 0 aromatic heterocycles. The van der Waals surface area contributed by atoms with Crippen molar-refractivity contribution in [3.05, 3.63) is 0 Å². The number of methoxy groups -OCH3 is 1. The van der Waals surface area contributed by atoms with Gasteiger partial charge in [0.25, 0.3) is 0 Å². The maximum Gasteiger partial charge on any atom is 0.220 e. The first-order valence-electron chi connectivity index (χ1n) is 5.79. The van der Waals surface area contributed by atoms with E-state index in [0.29, 0.717) is 18.9 Å². The van der Waals surface area contributed by atoms with Gasteiger partial charge in [-0.1, -0.05) is 0 Å². The predicted molar refractivity (Wildman–Crippen MR) is 59.7 cm³/mol. The molecule has 1 aliphatic heterocycles. The Hall–Kier alpha value is -0.610. The van der Waals surface area contributed by atoms with Crippen LogP contribution in [0.4, 0.5) is 0 Å². The van der Waals surface area contributed by atoms with Crippen molar-refractivity contribution in [1.29, 1.82) is 0 Å². The fourth-order valence-corrected chi connectivity index (χ4v) is 1.83. The average Bonchev–Trinajstić information content (AvgIpc) is 2.74. The molecule has 0 aromatic rings. The second-order valence-electron chi connectivity index (χ2n) is 4.09. The Morgan fingerprint density at radius 2 is 2.47 bits per heavy atom. The zero-order valence-corrected chi connectivity index (χ0v) is 9.55. The molecule has 0 bridgehead atoms. The van der Waals surface area contributed by atoms with E-state index in [9.17, 15) is 4.79 Å². The van der Waals surface area contributed by atoms with Crippen molar-refractivity contribution in [2.75, 3.05) is 33.4 Å². The highest BCUT2D eigenvalue weighted by Crippen LogP contribution is 2.13. The highest BCUT2D eigenvalue weighted by atomic mass is 16.5. The van der Waals surface area contributed by atoms with Crippen molar-refractivity contribution in [1.82, 2.24) is 10.6 Å². The van der Waals surface area contributed by atoms with E-state index in [0.717, 1.165) is 32.5 Å². The van der Waals surface area contributed by atoms with Gasteiger partial charge in [-0.25, -0.2) is 0 Å². The minimum atomic E-state index is 0.179. The lowest BCUT2D eigenvalue weighted by Crippen LogP contribution is -2.25. The van der Waals surface area contributed by atoms with Crippen molar-refractivity contribution in [2.45, 2.75) is 25.7 Å². The van der Waals surface area contributed by atoms with Crippen LogP contribution in [0, 0.1) is 5.92 Å². The molecule has 0 aliphatic carbocycles. The molecule has 1 rings (SSSR count). The van der Waals surface area contributed by atoms with Gasteiger partial charge in [-0.2, -0.15) is 0 Å². The SMILES string of the molecule is COCCCNC(=O)CCC1CCNC1. The molecule has 1 heterocycles. The second-order valence-corrected chi connectivity index (χ2v) is 4.09. The monoisotopic (exact) mass is 214 g/mol. The molecule has 1 atom stereocenters. The Kier molecular flexibility index (Phi) is 6.36. The number of carbonyl (C=O) groups excluding carboxylic acids is 1. The molecule has 0 saturated carbocycles. The normalized spacial score (nSPS) is 20.5. The van der Waals surface area contributed by atoms with Crippen LogP contribution in [0.5, 0.6) is 0 Å². The number of nitrogens with one attached hydrogen (secondary N) is 2. The molecular formula is C11H22N2O2. The highest BCUT2D eigenvalue weighted by Gasteiger charge is 2.15. The van der Waals surface area contributed by atoms with E-state index in [1.807, 2.05) is 0 Å². The van der Waals surface area contributed by atoms with Crippen LogP contribution in [0.15, 0.2) is 0 Å². The Balaban J connectivity index is 1.93. The van der Waals surface area contributed by atoms with Gasteiger partial charge < -0.3 is 15.4 Å². The van der Waals surface area contributed by atoms with Crippen LogP contribution in [0.1, 0.15) is 25.7 Å². The maximum atomic E-state index is 11.4. The first-order chi connectivity index (χ1) is 7.33. The predicted octanol–water partition coefficient (Wildman–Crippen LogP) is 0.529. The number of ether oxygens (including phenoxy) is 1. The lowest BCUT2D eigenvalue weighted by molar-refractivity contribution is -0.121. The summed E-state index contributed by atoms with van der Waals surface area (Å²) in [7, 11) is 1.68. The Morgan fingerprint density at radius 3 is 3.13 bits per heavy atom. The summed E-state index contributed by atoms with van der Waals surface area (Å²) in [5.41, 5.74) is 0. The van der Waals surface area contributed by atoms with E-state index in [2.05, 4.69) is 10.6 Å². The van der Waals surface area contributed by atoms with Crippen LogP contribution in [-0.2, 0) is 9.53 Å². The molecule has 1 aliphatic rings. The minimum Gasteiger partial charge on any atom is -0.385 e. The third-order valence-electron chi connectivity index (χ3n) is 2.79. The highest BCUT2D eigenvalue weighted by molar-refractivity contribution is 5.75. The van der Waals surface area contributed by atoms with Crippen molar-refractivity contribution in [2.24, 2.45) is 5.92 Å². The molecule has 1 saturated heterocycles. The van der Waals surface area contributed by atoms with Crippen molar-refractivity contribution >= 4 is 5.91 Å². The molecular weight excluding hydrogens is 192 g/mol. The number of hydrogen-bond acceptors (Lipinski definition) is 3. The van der Waals surface area contributed by atoms with Crippen LogP contribution in [0.2, 0.25) is 0 Å². The van der Waals surface area contributed by atoms with Crippen LogP contribution in [0.25, 0.3) is 0 Å². The number of rotatable bonds is 7. The van der Waals surface area contributed by atoms with E-state index < -0.39 is 0 Å². The van der Waals surface area contributed by atoms with Gasteiger partial charge in [-0.05, 0) is 38.3 Å². The van der Waals surface area contributed by atoms with E-state index >= 15 is 0 Å². The number of carbonyl (C=O) groups is 1. The fraction of sp³-hybridized carbons (Fsp3) is 0.909. The van der Waals surface area contributed by atoms with Gasteiger partial charge in [0.15, 0.2) is 0 Å². The molecule has 0 aromatic carbocycles. The first-order valence-corrected chi connectivity index (χ1v) is 5.79. The Labute approximate surface area is 91.8 Å². The average molecular weight is 214 g/mol. The van der Waals surface area contributed by atoms with Crippen LogP contribution in [0.3, 0.4) is 0 Å². The van der Waals surface area contributed by atoms with E-state index in [1.54, 1.807) is 7.11 Å².